The van der Waals surface area contributed by atoms with Crippen molar-refractivity contribution in [1.29, 1.82) is 0 Å². The van der Waals surface area contributed by atoms with Crippen molar-refractivity contribution >= 4 is 49.7 Å². The summed E-state index contributed by atoms with van der Waals surface area (Å²) in [7, 11) is 0. The minimum Gasteiger partial charge on any atom is -0.545 e. The molecule has 0 radical (unpaired) electrons. The first-order chi connectivity index (χ1) is 9.44. The third-order valence-electron chi connectivity index (χ3n) is 2.65. The summed E-state index contributed by atoms with van der Waals surface area (Å²) in [5, 5.41) is 20.5. The molecule has 0 saturated carbocycles. The van der Waals surface area contributed by atoms with Crippen LogP contribution in [0.4, 0.5) is 0 Å². The minimum absolute atomic E-state index is 0. The van der Waals surface area contributed by atoms with Gasteiger partial charge < -0.3 is 19.8 Å². The molecule has 0 fully saturated rings. The Kier molecular flexibility index (Phi) is 21.6. The molecule has 0 aromatic rings. The van der Waals surface area contributed by atoms with Crippen LogP contribution >= 0.6 is 0 Å². The van der Waals surface area contributed by atoms with E-state index >= 15 is 0 Å². The van der Waals surface area contributed by atoms with Gasteiger partial charge in [0.15, 0.2) is 0 Å². The molecule has 0 aliphatic carbocycles. The standard InChI is InChI=1S/2C8H14O2.Ca/c2*1-3-5-6-7(4-2)8(9)10;/h2*6H,3-5H2,1-2H3,(H,9,10);/q;;+2/p-2. The molecule has 0 bridgehead atoms. The molecule has 0 unspecified atom stereocenters. The Bertz CT molecular complexity index is 312. The van der Waals surface area contributed by atoms with Crippen molar-refractivity contribution in [3.63, 3.8) is 0 Å². The van der Waals surface area contributed by atoms with E-state index in [0.29, 0.717) is 24.0 Å². The zero-order valence-electron chi connectivity index (χ0n) is 13.7. The van der Waals surface area contributed by atoms with Crippen molar-refractivity contribution < 1.29 is 19.8 Å². The number of allylic oxidation sites excluding steroid dienone is 2. The minimum atomic E-state index is -1.03. The normalized spacial score (nSPS) is 11.0. The van der Waals surface area contributed by atoms with E-state index in [-0.39, 0.29) is 37.7 Å². The van der Waals surface area contributed by atoms with Crippen LogP contribution in [0.15, 0.2) is 23.3 Å². The smallest absolute Gasteiger partial charge is 0.545 e. The van der Waals surface area contributed by atoms with Gasteiger partial charge >= 0.3 is 37.7 Å². The first kappa shape index (κ1) is 25.6. The SMILES string of the molecule is CCCC=C(CC)C(=O)[O-].CCCC=C(CC)C(=O)[O-].[Ca+2]. The molecule has 0 saturated heterocycles. The van der Waals surface area contributed by atoms with Gasteiger partial charge in [-0.25, -0.2) is 0 Å². The van der Waals surface area contributed by atoms with Crippen molar-refractivity contribution in [3.05, 3.63) is 23.3 Å². The van der Waals surface area contributed by atoms with Crippen LogP contribution in [0, 0.1) is 0 Å². The van der Waals surface area contributed by atoms with Gasteiger partial charge in [-0.15, -0.1) is 0 Å². The molecule has 0 aromatic heterocycles. The fourth-order valence-electron chi connectivity index (χ4n) is 1.38. The van der Waals surface area contributed by atoms with Gasteiger partial charge in [-0.2, -0.15) is 0 Å². The van der Waals surface area contributed by atoms with E-state index in [1.54, 1.807) is 12.2 Å². The number of hydrogen-bond donors (Lipinski definition) is 0. The van der Waals surface area contributed by atoms with Crippen LogP contribution in [-0.4, -0.2) is 49.7 Å². The van der Waals surface area contributed by atoms with E-state index in [1.165, 1.54) is 0 Å². The van der Waals surface area contributed by atoms with Gasteiger partial charge in [-0.1, -0.05) is 52.7 Å². The molecule has 0 aromatic carbocycles. The summed E-state index contributed by atoms with van der Waals surface area (Å²) in [6.07, 6.45) is 8.21. The second-order valence-corrected chi connectivity index (χ2v) is 4.32. The number of carboxylic acids is 2. The number of rotatable bonds is 8. The van der Waals surface area contributed by atoms with Crippen molar-refractivity contribution in [2.24, 2.45) is 0 Å². The van der Waals surface area contributed by atoms with Crippen molar-refractivity contribution in [2.45, 2.75) is 66.2 Å². The van der Waals surface area contributed by atoms with Gasteiger partial charge in [-0.3, -0.25) is 0 Å². The summed E-state index contributed by atoms with van der Waals surface area (Å²) in [5.41, 5.74) is 0.837. The fourth-order valence-corrected chi connectivity index (χ4v) is 1.38. The van der Waals surface area contributed by atoms with Gasteiger partial charge in [0.25, 0.3) is 0 Å². The molecule has 0 heterocycles. The van der Waals surface area contributed by atoms with E-state index in [1.807, 2.05) is 27.7 Å². The second-order valence-electron chi connectivity index (χ2n) is 4.32. The van der Waals surface area contributed by atoms with Gasteiger partial charge in [0, 0.05) is 0 Å². The summed E-state index contributed by atoms with van der Waals surface area (Å²) in [5.74, 6) is -2.06. The summed E-state index contributed by atoms with van der Waals surface area (Å²) in [6, 6.07) is 0. The summed E-state index contributed by atoms with van der Waals surface area (Å²) in [6.45, 7) is 7.66. The van der Waals surface area contributed by atoms with Crippen molar-refractivity contribution in [2.75, 3.05) is 0 Å². The molecule has 0 amide bonds. The van der Waals surface area contributed by atoms with E-state index in [9.17, 15) is 19.8 Å². The predicted molar refractivity (Wildman–Crippen MR) is 82.3 cm³/mol. The van der Waals surface area contributed by atoms with Gasteiger partial charge in [0.1, 0.15) is 0 Å². The molecular weight excluding hydrogens is 296 g/mol. The Morgan fingerprint density at radius 3 is 1.19 bits per heavy atom. The molecule has 4 nitrogen and oxygen atoms in total. The number of unbranched alkanes of at least 4 members (excludes halogenated alkanes) is 2. The van der Waals surface area contributed by atoms with Crippen molar-refractivity contribution in [1.82, 2.24) is 0 Å². The summed E-state index contributed by atoms with van der Waals surface area (Å²) >= 11 is 0. The molecular formula is C16H26CaO4. The predicted octanol–water partition coefficient (Wildman–Crippen LogP) is 1.36. The largest absolute Gasteiger partial charge is 2.00 e. The third kappa shape index (κ3) is 15.9. The Balaban J connectivity index is -0.000000295. The zero-order valence-corrected chi connectivity index (χ0v) is 15.9. The number of carboxylic acid groups (broad SMARTS) is 2. The maximum atomic E-state index is 10.3. The van der Waals surface area contributed by atoms with E-state index in [0.717, 1.165) is 25.7 Å². The Morgan fingerprint density at radius 1 is 0.762 bits per heavy atom. The number of aliphatic carboxylic acids is 2. The van der Waals surface area contributed by atoms with Crippen molar-refractivity contribution in [3.8, 4) is 0 Å². The number of carbonyl (C=O) groups is 2. The molecule has 0 rings (SSSR count). The maximum Gasteiger partial charge on any atom is 2.00 e. The van der Waals surface area contributed by atoms with Crippen LogP contribution in [0.2, 0.25) is 0 Å². The number of carbonyl (C=O) groups excluding carboxylic acids is 2. The van der Waals surface area contributed by atoms with E-state index < -0.39 is 11.9 Å². The molecule has 0 N–H and O–H groups in total. The molecule has 0 atom stereocenters. The summed E-state index contributed by atoms with van der Waals surface area (Å²) < 4.78 is 0. The van der Waals surface area contributed by atoms with Gasteiger partial charge in [0.05, 0.1) is 11.9 Å². The van der Waals surface area contributed by atoms with E-state index in [4.69, 9.17) is 0 Å². The Morgan fingerprint density at radius 2 is 1.05 bits per heavy atom. The molecule has 0 aliphatic rings. The molecule has 0 aliphatic heterocycles. The van der Waals surface area contributed by atoms with Gasteiger partial charge in [-0.05, 0) is 36.8 Å². The fraction of sp³-hybridized carbons (Fsp3) is 0.625. The topological polar surface area (TPSA) is 80.3 Å². The molecule has 5 heteroatoms. The molecule has 116 valence electrons. The first-order valence-corrected chi connectivity index (χ1v) is 7.25. The zero-order chi connectivity index (χ0) is 16.0. The van der Waals surface area contributed by atoms with Gasteiger partial charge in [0.2, 0.25) is 0 Å². The Hall–Kier alpha value is -0.320. The van der Waals surface area contributed by atoms with Crippen LogP contribution in [0.3, 0.4) is 0 Å². The van der Waals surface area contributed by atoms with Crippen LogP contribution in [0.5, 0.6) is 0 Å². The van der Waals surface area contributed by atoms with Crippen LogP contribution in [0.1, 0.15) is 66.2 Å². The Labute approximate surface area is 158 Å². The quantitative estimate of drug-likeness (QED) is 0.499. The third-order valence-corrected chi connectivity index (χ3v) is 2.65. The monoisotopic (exact) mass is 322 g/mol. The maximum absolute atomic E-state index is 10.3. The first-order valence-electron chi connectivity index (χ1n) is 7.25. The van der Waals surface area contributed by atoms with Crippen LogP contribution in [0.25, 0.3) is 0 Å². The average Bonchev–Trinajstić information content (AvgIpc) is 2.40. The molecule has 0 spiro atoms. The average molecular weight is 322 g/mol. The summed E-state index contributed by atoms with van der Waals surface area (Å²) in [4.78, 5) is 20.5. The van der Waals surface area contributed by atoms with Crippen LogP contribution in [-0.2, 0) is 9.59 Å². The second kappa shape index (κ2) is 17.7. The van der Waals surface area contributed by atoms with Crippen LogP contribution < -0.4 is 10.2 Å². The number of hydrogen-bond acceptors (Lipinski definition) is 4. The molecule has 21 heavy (non-hydrogen) atoms. The van der Waals surface area contributed by atoms with E-state index in [2.05, 4.69) is 0 Å².